The number of nitrogens with one attached hydrogen (secondary N) is 1. The fourth-order valence-electron chi connectivity index (χ4n) is 7.70. The summed E-state index contributed by atoms with van der Waals surface area (Å²) in [5.74, 6) is 0.285. The predicted molar refractivity (Wildman–Crippen MR) is 283 cm³/mol. The van der Waals surface area contributed by atoms with Gasteiger partial charge in [-0.05, 0) is 101 Å². The molecule has 1 amide bonds. The number of methoxy groups -OCH3 is 1. The highest BCUT2D eigenvalue weighted by molar-refractivity contribution is 7.00. The van der Waals surface area contributed by atoms with E-state index in [2.05, 4.69) is 181 Å². The molecule has 0 heterocycles. The van der Waals surface area contributed by atoms with Crippen molar-refractivity contribution >= 4 is 52.7 Å². The minimum Gasteiger partial charge on any atom is -0.534 e. The number of hydrogen-bond acceptors (Lipinski definition) is 6. The molecule has 0 fully saturated rings. The lowest BCUT2D eigenvalue weighted by Crippen LogP contribution is -2.68. The van der Waals surface area contributed by atoms with Gasteiger partial charge in [0.15, 0.2) is 22.4 Å². The molecule has 4 atom stereocenters. The van der Waals surface area contributed by atoms with Crippen LogP contribution < -0.4 is 20.1 Å². The topological polar surface area (TPSA) is 83.1 Å². The summed E-state index contributed by atoms with van der Waals surface area (Å²) in [6.45, 7) is 42.8. The van der Waals surface area contributed by atoms with E-state index in [-0.39, 0.29) is 45.6 Å². The van der Waals surface area contributed by atoms with Gasteiger partial charge in [0.05, 0.1) is 18.6 Å². The average molecular weight is 939 g/mol. The van der Waals surface area contributed by atoms with Crippen molar-refractivity contribution in [1.29, 1.82) is 0 Å². The molecule has 0 bridgehead atoms. The van der Waals surface area contributed by atoms with Crippen molar-refractivity contribution in [2.24, 2.45) is 5.92 Å². The van der Waals surface area contributed by atoms with Gasteiger partial charge in [0, 0.05) is 25.3 Å². The predicted octanol–water partition coefficient (Wildman–Crippen LogP) is 13.2. The van der Waals surface area contributed by atoms with Crippen LogP contribution in [0.1, 0.15) is 101 Å². The van der Waals surface area contributed by atoms with Gasteiger partial charge in [0.2, 0.25) is 5.91 Å². The second kappa shape index (κ2) is 22.7. The number of hydrogen-bond donors (Lipinski definition) is 1. The second-order valence-electron chi connectivity index (χ2n) is 21.9. The highest BCUT2D eigenvalue weighted by Crippen LogP contribution is 2.42. The third kappa shape index (κ3) is 14.8. The van der Waals surface area contributed by atoms with Gasteiger partial charge in [0.1, 0.15) is 11.9 Å². The first kappa shape index (κ1) is 55.4. The van der Waals surface area contributed by atoms with E-state index >= 15 is 0 Å². The Bertz CT molecular complexity index is 2080. The number of benzene rings is 3. The number of carbonyl (C=O) groups is 2. The highest BCUT2D eigenvalue weighted by Gasteiger charge is 2.52. The maximum Gasteiger partial charge on any atom is 0.319 e. The molecule has 3 aromatic rings. The Morgan fingerprint density at radius 1 is 0.738 bits per heavy atom. The molecular weight excluding hydrogens is 855 g/mol. The van der Waals surface area contributed by atoms with Gasteiger partial charge in [0.25, 0.3) is 0 Å². The number of amides is 1. The van der Waals surface area contributed by atoms with Crippen molar-refractivity contribution < 1.29 is 27.6 Å². The van der Waals surface area contributed by atoms with E-state index in [1.54, 1.807) is 12.2 Å². The Hall–Kier alpha value is -3.91. The summed E-state index contributed by atoms with van der Waals surface area (Å²) in [7, 11) is -6.17. The standard InChI is InChI=1S/C55H83NO6Si3/c1-20-28-40(3)33-43-35-44(37-45(36-43)60-65(55(12,13)14,46-29-24-22-25-30-46)47-31-26-23-27-32-47)56-52(58)39-51(62-64(18,19)54(9,10)11)42(5)34-41(4)50(38-48(57)49(21-2)59-15)61-63(16,17)53(6,7)8/h20-32,34-37,41,49-51H,1-2,33,38-39H2,3-19H3,(H,56,58)/b40-28+,42-34+/t41-,49+,50-,51-/m0/s1. The lowest BCUT2D eigenvalue weighted by Gasteiger charge is -2.43. The first-order chi connectivity index (χ1) is 30.0. The summed E-state index contributed by atoms with van der Waals surface area (Å²) in [6.07, 6.45) is 6.79. The molecule has 65 heavy (non-hydrogen) atoms. The highest BCUT2D eigenvalue weighted by atomic mass is 28.4. The molecule has 10 heteroatoms. The van der Waals surface area contributed by atoms with Crippen LogP contribution in [-0.4, -0.2) is 62.1 Å². The molecule has 0 aliphatic heterocycles. The van der Waals surface area contributed by atoms with Crippen LogP contribution in [0.5, 0.6) is 5.75 Å². The molecule has 7 nitrogen and oxygen atoms in total. The van der Waals surface area contributed by atoms with Gasteiger partial charge in [-0.3, -0.25) is 9.59 Å². The van der Waals surface area contributed by atoms with Gasteiger partial charge in [-0.1, -0.05) is 166 Å². The Labute approximate surface area is 397 Å². The SMILES string of the molecule is C=C/C=C(\C)Cc1cc(NC(=O)C[C@H](O[Si](C)(C)C(C)(C)C)/C(C)=C/[C@H](C)[C@H](CC(=O)[C@@H](C=C)OC)O[Si](C)(C)C(C)(C)C)cc(O[Si](c2ccccc2)(c2ccccc2)C(C)(C)C)c1. The largest absolute Gasteiger partial charge is 0.534 e. The molecule has 3 aromatic carbocycles. The first-order valence-corrected chi connectivity index (χ1v) is 31.0. The Balaban J connectivity index is 2.16. The van der Waals surface area contributed by atoms with Gasteiger partial charge in [-0.2, -0.15) is 0 Å². The molecule has 0 spiro atoms. The quantitative estimate of drug-likeness (QED) is 0.0614. The minimum atomic E-state index is -3.00. The fourth-order valence-corrected chi connectivity index (χ4v) is 14.8. The molecule has 0 saturated heterocycles. The lowest BCUT2D eigenvalue weighted by molar-refractivity contribution is -0.128. The van der Waals surface area contributed by atoms with Crippen LogP contribution in [0, 0.1) is 5.92 Å². The smallest absolute Gasteiger partial charge is 0.319 e. The van der Waals surface area contributed by atoms with Crippen molar-refractivity contribution in [1.82, 2.24) is 0 Å². The van der Waals surface area contributed by atoms with Crippen LogP contribution in [0.15, 0.2) is 127 Å². The molecular formula is C55H83NO6Si3. The summed E-state index contributed by atoms with van der Waals surface area (Å²) in [4.78, 5) is 28.1. The maximum atomic E-state index is 14.6. The average Bonchev–Trinajstić information content (AvgIpc) is 3.19. The van der Waals surface area contributed by atoms with Gasteiger partial charge >= 0.3 is 8.32 Å². The number of carbonyl (C=O) groups excluding carboxylic acids is 2. The number of ketones is 1. The van der Waals surface area contributed by atoms with Crippen LogP contribution in [0.2, 0.25) is 41.3 Å². The normalized spacial score (nSPS) is 15.4. The van der Waals surface area contributed by atoms with Crippen molar-refractivity contribution in [3.8, 4) is 5.75 Å². The van der Waals surface area contributed by atoms with E-state index in [0.29, 0.717) is 17.9 Å². The summed E-state index contributed by atoms with van der Waals surface area (Å²) < 4.78 is 27.1. The molecule has 0 unspecified atom stereocenters. The molecule has 0 saturated carbocycles. The summed E-state index contributed by atoms with van der Waals surface area (Å²) >= 11 is 0. The van der Waals surface area contributed by atoms with Crippen LogP contribution in [0.3, 0.4) is 0 Å². The lowest BCUT2D eigenvalue weighted by atomic mass is 9.94. The Morgan fingerprint density at radius 3 is 1.72 bits per heavy atom. The van der Waals surface area contributed by atoms with E-state index in [1.165, 1.54) is 17.5 Å². The molecule has 0 aromatic heterocycles. The molecule has 3 rings (SSSR count). The van der Waals surface area contributed by atoms with Crippen molar-refractivity contribution in [3.63, 3.8) is 0 Å². The minimum absolute atomic E-state index is 0.0691. The van der Waals surface area contributed by atoms with Crippen molar-refractivity contribution in [2.75, 3.05) is 12.4 Å². The van der Waals surface area contributed by atoms with Gasteiger partial charge < -0.3 is 23.3 Å². The molecule has 356 valence electrons. The molecule has 0 aliphatic rings. The number of rotatable bonds is 22. The fraction of sp³-hybridized carbons (Fsp3) is 0.491. The van der Waals surface area contributed by atoms with Crippen LogP contribution >= 0.6 is 0 Å². The summed E-state index contributed by atoms with van der Waals surface area (Å²) in [5.41, 5.74) is 3.73. The summed E-state index contributed by atoms with van der Waals surface area (Å²) in [6, 6.07) is 27.3. The van der Waals surface area contributed by atoms with Crippen LogP contribution in [0.4, 0.5) is 5.69 Å². The maximum absolute atomic E-state index is 14.6. The third-order valence-electron chi connectivity index (χ3n) is 13.5. The zero-order valence-corrected chi connectivity index (χ0v) is 46.1. The van der Waals surface area contributed by atoms with Crippen molar-refractivity contribution in [3.05, 3.63) is 133 Å². The van der Waals surface area contributed by atoms with Crippen molar-refractivity contribution in [2.45, 2.75) is 162 Å². The van der Waals surface area contributed by atoms with E-state index in [0.717, 1.165) is 16.7 Å². The summed E-state index contributed by atoms with van der Waals surface area (Å²) in [5, 5.41) is 5.19. The zero-order chi connectivity index (χ0) is 49.2. The Kier molecular flexibility index (Phi) is 19.4. The number of ether oxygens (including phenoxy) is 1. The molecule has 1 N–H and O–H groups in total. The molecule has 0 radical (unpaired) electrons. The zero-order valence-electron chi connectivity index (χ0n) is 43.1. The van der Waals surface area contributed by atoms with E-state index in [4.69, 9.17) is 18.0 Å². The number of allylic oxidation sites excluding steroid dienone is 3. The Morgan fingerprint density at radius 2 is 1.26 bits per heavy atom. The van der Waals surface area contributed by atoms with E-state index in [1.807, 2.05) is 37.3 Å². The number of Topliss-reactive ketones (excluding diaryl/α,β-unsaturated/α-hetero) is 1. The van der Waals surface area contributed by atoms with Gasteiger partial charge in [-0.25, -0.2) is 0 Å². The second-order valence-corrected chi connectivity index (χ2v) is 35.7. The van der Waals surface area contributed by atoms with E-state index < -0.39 is 43.3 Å². The van der Waals surface area contributed by atoms with Crippen LogP contribution in [-0.2, 0) is 29.6 Å². The monoisotopic (exact) mass is 938 g/mol. The van der Waals surface area contributed by atoms with Crippen LogP contribution in [0.25, 0.3) is 0 Å². The first-order valence-electron chi connectivity index (χ1n) is 23.3. The number of anilines is 1. The molecule has 0 aliphatic carbocycles. The van der Waals surface area contributed by atoms with E-state index in [9.17, 15) is 9.59 Å². The third-order valence-corrected chi connectivity index (χ3v) is 27.4. The van der Waals surface area contributed by atoms with Gasteiger partial charge in [-0.15, -0.1) is 6.58 Å².